The fourth-order valence-electron chi connectivity index (χ4n) is 2.07. The van der Waals surface area contributed by atoms with Crippen molar-refractivity contribution in [1.29, 1.82) is 0 Å². The highest BCUT2D eigenvalue weighted by molar-refractivity contribution is 7.13. The van der Waals surface area contributed by atoms with Gasteiger partial charge in [-0.15, -0.1) is 22.9 Å². The predicted molar refractivity (Wildman–Crippen MR) is 82.1 cm³/mol. The van der Waals surface area contributed by atoms with E-state index in [9.17, 15) is 4.79 Å². The SMILES string of the molecule is CC1CC1NC(=O)c1cccc(-c2nc(CCl)cs2)c1. The van der Waals surface area contributed by atoms with Gasteiger partial charge in [0.15, 0.2) is 0 Å². The van der Waals surface area contributed by atoms with E-state index in [1.807, 2.05) is 29.6 Å². The first kappa shape index (κ1) is 13.6. The summed E-state index contributed by atoms with van der Waals surface area (Å²) in [6.07, 6.45) is 1.08. The van der Waals surface area contributed by atoms with Crippen LogP contribution in [0, 0.1) is 5.92 Å². The van der Waals surface area contributed by atoms with Gasteiger partial charge in [0, 0.05) is 22.5 Å². The molecule has 20 heavy (non-hydrogen) atoms. The summed E-state index contributed by atoms with van der Waals surface area (Å²) in [5.41, 5.74) is 2.51. The fourth-order valence-corrected chi connectivity index (χ4v) is 3.11. The average molecular weight is 307 g/mol. The normalized spacial score (nSPS) is 20.7. The minimum atomic E-state index is -0.00433. The fraction of sp³-hybridized carbons (Fsp3) is 0.333. The van der Waals surface area contributed by atoms with Gasteiger partial charge in [-0.25, -0.2) is 4.98 Å². The second-order valence-corrected chi connectivity index (χ2v) is 6.28. The van der Waals surface area contributed by atoms with Crippen LogP contribution in [0.15, 0.2) is 29.6 Å². The summed E-state index contributed by atoms with van der Waals surface area (Å²) >= 11 is 7.31. The third kappa shape index (κ3) is 2.86. The molecule has 2 unspecified atom stereocenters. The molecule has 0 radical (unpaired) electrons. The number of nitrogens with one attached hydrogen (secondary N) is 1. The number of aromatic nitrogens is 1. The molecule has 1 aromatic heterocycles. The third-order valence-corrected chi connectivity index (χ3v) is 4.70. The minimum absolute atomic E-state index is 0.00433. The topological polar surface area (TPSA) is 42.0 Å². The predicted octanol–water partition coefficient (Wildman–Crippen LogP) is 3.69. The summed E-state index contributed by atoms with van der Waals surface area (Å²) in [5, 5.41) is 5.88. The van der Waals surface area contributed by atoms with Crippen LogP contribution in [0.25, 0.3) is 10.6 Å². The van der Waals surface area contributed by atoms with Crippen LogP contribution >= 0.6 is 22.9 Å². The van der Waals surface area contributed by atoms with E-state index in [0.717, 1.165) is 22.7 Å². The van der Waals surface area contributed by atoms with Gasteiger partial charge in [-0.1, -0.05) is 19.1 Å². The Bertz CT molecular complexity index is 640. The maximum absolute atomic E-state index is 12.1. The number of hydrogen-bond donors (Lipinski definition) is 1. The number of thiazole rings is 1. The number of carbonyl (C=O) groups is 1. The maximum atomic E-state index is 12.1. The molecular weight excluding hydrogens is 292 g/mol. The number of alkyl halides is 1. The van der Waals surface area contributed by atoms with Crippen molar-refractivity contribution in [3.8, 4) is 10.6 Å². The number of halogens is 1. The summed E-state index contributed by atoms with van der Waals surface area (Å²) in [5.74, 6) is 1.01. The van der Waals surface area contributed by atoms with Crippen molar-refractivity contribution in [3.05, 3.63) is 40.9 Å². The number of hydrogen-bond acceptors (Lipinski definition) is 3. The molecule has 3 rings (SSSR count). The van der Waals surface area contributed by atoms with E-state index >= 15 is 0 Å². The monoisotopic (exact) mass is 306 g/mol. The van der Waals surface area contributed by atoms with Crippen LogP contribution in [0.5, 0.6) is 0 Å². The average Bonchev–Trinajstić information content (AvgIpc) is 2.97. The number of nitrogens with zero attached hydrogens (tertiary/aromatic N) is 1. The quantitative estimate of drug-likeness (QED) is 0.875. The van der Waals surface area contributed by atoms with Gasteiger partial charge in [0.05, 0.1) is 11.6 Å². The largest absolute Gasteiger partial charge is 0.349 e. The van der Waals surface area contributed by atoms with Crippen LogP contribution in [0.2, 0.25) is 0 Å². The Morgan fingerprint density at radius 2 is 2.35 bits per heavy atom. The van der Waals surface area contributed by atoms with Crippen molar-refractivity contribution in [1.82, 2.24) is 10.3 Å². The molecule has 0 spiro atoms. The van der Waals surface area contributed by atoms with Gasteiger partial charge >= 0.3 is 0 Å². The zero-order chi connectivity index (χ0) is 14.1. The molecule has 1 saturated carbocycles. The lowest BCUT2D eigenvalue weighted by atomic mass is 10.1. The van der Waals surface area contributed by atoms with Crippen molar-refractivity contribution in [2.75, 3.05) is 0 Å². The molecule has 3 nitrogen and oxygen atoms in total. The van der Waals surface area contributed by atoms with Crippen molar-refractivity contribution in [2.24, 2.45) is 5.92 Å². The zero-order valence-corrected chi connectivity index (χ0v) is 12.7. The lowest BCUT2D eigenvalue weighted by Crippen LogP contribution is -2.26. The molecule has 1 N–H and O–H groups in total. The van der Waals surface area contributed by atoms with Crippen molar-refractivity contribution in [2.45, 2.75) is 25.3 Å². The minimum Gasteiger partial charge on any atom is -0.349 e. The van der Waals surface area contributed by atoms with Gasteiger partial charge < -0.3 is 5.32 Å². The Morgan fingerprint density at radius 1 is 1.55 bits per heavy atom. The lowest BCUT2D eigenvalue weighted by molar-refractivity contribution is 0.0949. The Balaban J connectivity index is 1.79. The molecule has 2 atom stereocenters. The van der Waals surface area contributed by atoms with E-state index in [1.54, 1.807) is 11.3 Å². The molecule has 0 aliphatic heterocycles. The van der Waals surface area contributed by atoms with E-state index in [4.69, 9.17) is 11.6 Å². The summed E-state index contributed by atoms with van der Waals surface area (Å²) in [4.78, 5) is 16.6. The van der Waals surface area contributed by atoms with Gasteiger partial charge in [0.25, 0.3) is 5.91 Å². The first-order valence-electron chi connectivity index (χ1n) is 6.59. The van der Waals surface area contributed by atoms with E-state index in [1.165, 1.54) is 0 Å². The Kier molecular flexibility index (Phi) is 3.76. The molecule has 104 valence electrons. The van der Waals surface area contributed by atoms with Crippen LogP contribution in [-0.4, -0.2) is 16.9 Å². The molecule has 0 bridgehead atoms. The van der Waals surface area contributed by atoms with Crippen LogP contribution in [0.3, 0.4) is 0 Å². The Labute approximate surface area is 127 Å². The summed E-state index contributed by atoms with van der Waals surface area (Å²) in [6.45, 7) is 2.14. The molecule has 1 aliphatic rings. The summed E-state index contributed by atoms with van der Waals surface area (Å²) < 4.78 is 0. The molecular formula is C15H15ClN2OS. The summed E-state index contributed by atoms with van der Waals surface area (Å²) in [7, 11) is 0. The lowest BCUT2D eigenvalue weighted by Gasteiger charge is -2.05. The first-order chi connectivity index (χ1) is 9.67. The van der Waals surface area contributed by atoms with Gasteiger partial charge in [-0.05, 0) is 24.5 Å². The highest BCUT2D eigenvalue weighted by atomic mass is 35.5. The van der Waals surface area contributed by atoms with Gasteiger partial charge in [0.2, 0.25) is 0 Å². The Hall–Kier alpha value is -1.39. The van der Waals surface area contributed by atoms with Crippen molar-refractivity contribution in [3.63, 3.8) is 0 Å². The van der Waals surface area contributed by atoms with Crippen LogP contribution in [0.1, 0.15) is 29.4 Å². The van der Waals surface area contributed by atoms with Crippen LogP contribution in [-0.2, 0) is 5.88 Å². The standard InChI is InChI=1S/C15H15ClN2OS/c1-9-5-13(9)18-14(19)10-3-2-4-11(6-10)15-17-12(7-16)8-20-15/h2-4,6,8-9,13H,5,7H2,1H3,(H,18,19). The van der Waals surface area contributed by atoms with E-state index in [0.29, 0.717) is 23.4 Å². The van der Waals surface area contributed by atoms with Crippen LogP contribution in [0.4, 0.5) is 0 Å². The van der Waals surface area contributed by atoms with Crippen molar-refractivity contribution < 1.29 is 4.79 Å². The van der Waals surface area contributed by atoms with E-state index in [2.05, 4.69) is 17.2 Å². The number of carbonyl (C=O) groups excluding carboxylic acids is 1. The molecule has 1 amide bonds. The van der Waals surface area contributed by atoms with E-state index < -0.39 is 0 Å². The molecule has 0 saturated heterocycles. The van der Waals surface area contributed by atoms with E-state index in [-0.39, 0.29) is 5.91 Å². The highest BCUT2D eigenvalue weighted by Crippen LogP contribution is 2.30. The number of amides is 1. The molecule has 1 aliphatic carbocycles. The first-order valence-corrected chi connectivity index (χ1v) is 8.00. The number of benzene rings is 1. The molecule has 1 heterocycles. The molecule has 1 fully saturated rings. The second kappa shape index (κ2) is 5.54. The molecule has 5 heteroatoms. The molecule has 1 aromatic carbocycles. The van der Waals surface area contributed by atoms with Crippen molar-refractivity contribution >= 4 is 28.8 Å². The van der Waals surface area contributed by atoms with Gasteiger partial charge in [-0.3, -0.25) is 4.79 Å². The zero-order valence-electron chi connectivity index (χ0n) is 11.1. The second-order valence-electron chi connectivity index (χ2n) is 5.15. The highest BCUT2D eigenvalue weighted by Gasteiger charge is 2.33. The summed E-state index contributed by atoms with van der Waals surface area (Å²) in [6, 6.07) is 7.92. The van der Waals surface area contributed by atoms with Gasteiger partial charge in [0.1, 0.15) is 5.01 Å². The Morgan fingerprint density at radius 3 is 3.00 bits per heavy atom. The van der Waals surface area contributed by atoms with Gasteiger partial charge in [-0.2, -0.15) is 0 Å². The van der Waals surface area contributed by atoms with Crippen LogP contribution < -0.4 is 5.32 Å². The third-order valence-electron chi connectivity index (χ3n) is 3.49. The number of rotatable bonds is 4. The molecule has 2 aromatic rings. The smallest absolute Gasteiger partial charge is 0.251 e. The maximum Gasteiger partial charge on any atom is 0.251 e.